The Morgan fingerprint density at radius 2 is 1.75 bits per heavy atom. The SMILES string of the molecule is O=S(=O)(Nc1ccc(F)cc1Cl)c1ccc(Br)cc1Cl. The Hall–Kier alpha value is -0.820. The highest BCUT2D eigenvalue weighted by Crippen LogP contribution is 2.29. The van der Waals surface area contributed by atoms with Gasteiger partial charge in [0.2, 0.25) is 0 Å². The lowest BCUT2D eigenvalue weighted by Gasteiger charge is -2.11. The highest BCUT2D eigenvalue weighted by molar-refractivity contribution is 9.10. The molecular weight excluding hydrogens is 392 g/mol. The third-order valence-corrected chi connectivity index (χ3v) is 5.01. The molecule has 8 heteroatoms. The Balaban J connectivity index is 2.41. The number of halogens is 4. The minimum atomic E-state index is -3.91. The van der Waals surface area contributed by atoms with E-state index in [1.165, 1.54) is 18.2 Å². The van der Waals surface area contributed by atoms with E-state index in [4.69, 9.17) is 23.2 Å². The summed E-state index contributed by atoms with van der Waals surface area (Å²) in [5.41, 5.74) is 0.0760. The third kappa shape index (κ3) is 3.44. The molecule has 0 aliphatic rings. The van der Waals surface area contributed by atoms with Crippen LogP contribution in [0.2, 0.25) is 10.0 Å². The fraction of sp³-hybridized carbons (Fsp3) is 0. The molecule has 2 aromatic rings. The van der Waals surface area contributed by atoms with Gasteiger partial charge < -0.3 is 0 Å². The van der Waals surface area contributed by atoms with Crippen LogP contribution in [0.3, 0.4) is 0 Å². The molecule has 0 aliphatic carbocycles. The maximum atomic E-state index is 12.9. The smallest absolute Gasteiger partial charge is 0.263 e. The molecule has 0 bridgehead atoms. The first-order valence-corrected chi connectivity index (χ1v) is 8.26. The molecule has 0 aliphatic heterocycles. The minimum absolute atomic E-state index is 0.0400. The molecule has 106 valence electrons. The van der Waals surface area contributed by atoms with Crippen molar-refractivity contribution in [1.29, 1.82) is 0 Å². The number of hydrogen-bond donors (Lipinski definition) is 1. The topological polar surface area (TPSA) is 46.2 Å². The maximum Gasteiger partial charge on any atom is 0.263 e. The molecule has 1 N–H and O–H groups in total. The Morgan fingerprint density at radius 1 is 1.05 bits per heavy atom. The Labute approximate surface area is 133 Å². The Bertz CT molecular complexity index is 768. The van der Waals surface area contributed by atoms with Crippen LogP contribution in [-0.2, 0) is 10.0 Å². The van der Waals surface area contributed by atoms with Crippen LogP contribution in [0.5, 0.6) is 0 Å². The van der Waals surface area contributed by atoms with Crippen molar-refractivity contribution in [1.82, 2.24) is 0 Å². The van der Waals surface area contributed by atoms with Crippen LogP contribution < -0.4 is 4.72 Å². The minimum Gasteiger partial charge on any atom is -0.278 e. The van der Waals surface area contributed by atoms with Gasteiger partial charge in [0, 0.05) is 4.47 Å². The predicted octanol–water partition coefficient (Wildman–Crippen LogP) is 4.70. The molecule has 0 heterocycles. The lowest BCUT2D eigenvalue weighted by Crippen LogP contribution is -2.13. The average Bonchev–Trinajstić information content (AvgIpc) is 2.32. The predicted molar refractivity (Wildman–Crippen MR) is 81.4 cm³/mol. The number of hydrogen-bond acceptors (Lipinski definition) is 2. The van der Waals surface area contributed by atoms with Gasteiger partial charge in [-0.15, -0.1) is 0 Å². The van der Waals surface area contributed by atoms with Crippen molar-refractivity contribution in [3.8, 4) is 0 Å². The quantitative estimate of drug-likeness (QED) is 0.814. The molecule has 0 spiro atoms. The standard InChI is InChI=1S/C12H7BrCl2FNO2S/c13-7-1-4-12(10(15)5-7)20(18,19)17-11-3-2-8(16)6-9(11)14/h1-6,17H. The summed E-state index contributed by atoms with van der Waals surface area (Å²) in [6.45, 7) is 0. The second-order valence-electron chi connectivity index (χ2n) is 3.80. The van der Waals surface area contributed by atoms with Gasteiger partial charge in [-0.2, -0.15) is 0 Å². The van der Waals surface area contributed by atoms with E-state index in [2.05, 4.69) is 20.7 Å². The lowest BCUT2D eigenvalue weighted by atomic mass is 10.3. The summed E-state index contributed by atoms with van der Waals surface area (Å²) in [6, 6.07) is 7.72. The van der Waals surface area contributed by atoms with E-state index in [0.717, 1.165) is 12.1 Å². The molecule has 0 aromatic heterocycles. The molecular formula is C12H7BrCl2FNO2S. The van der Waals surface area contributed by atoms with Gasteiger partial charge in [0.1, 0.15) is 10.7 Å². The first kappa shape index (κ1) is 15.6. The maximum absolute atomic E-state index is 12.9. The second-order valence-corrected chi connectivity index (χ2v) is 7.19. The number of anilines is 1. The zero-order valence-corrected chi connectivity index (χ0v) is 13.6. The van der Waals surface area contributed by atoms with Crippen molar-refractivity contribution in [2.24, 2.45) is 0 Å². The van der Waals surface area contributed by atoms with Crippen molar-refractivity contribution in [3.63, 3.8) is 0 Å². The summed E-state index contributed by atoms with van der Waals surface area (Å²) < 4.78 is 40.3. The number of benzene rings is 2. The third-order valence-electron chi connectivity index (χ3n) is 2.36. The average molecular weight is 399 g/mol. The summed E-state index contributed by atoms with van der Waals surface area (Å²) in [6.07, 6.45) is 0. The molecule has 0 unspecified atom stereocenters. The second kappa shape index (κ2) is 5.89. The lowest BCUT2D eigenvalue weighted by molar-refractivity contribution is 0.601. The summed E-state index contributed by atoms with van der Waals surface area (Å²) in [5, 5.41) is 0.0203. The van der Waals surface area contributed by atoms with E-state index in [1.807, 2.05) is 0 Å². The van der Waals surface area contributed by atoms with Crippen LogP contribution in [0.4, 0.5) is 10.1 Å². The zero-order chi connectivity index (χ0) is 14.9. The largest absolute Gasteiger partial charge is 0.278 e. The fourth-order valence-corrected chi connectivity index (χ4v) is 3.85. The number of rotatable bonds is 3. The van der Waals surface area contributed by atoms with E-state index < -0.39 is 15.8 Å². The van der Waals surface area contributed by atoms with E-state index in [-0.39, 0.29) is 20.6 Å². The van der Waals surface area contributed by atoms with Gasteiger partial charge in [0.15, 0.2) is 0 Å². The highest BCUT2D eigenvalue weighted by Gasteiger charge is 2.19. The molecule has 20 heavy (non-hydrogen) atoms. The molecule has 0 saturated carbocycles. The first-order chi connectivity index (χ1) is 9.29. The van der Waals surface area contributed by atoms with Gasteiger partial charge in [-0.05, 0) is 36.4 Å². The number of nitrogens with one attached hydrogen (secondary N) is 1. The van der Waals surface area contributed by atoms with Crippen LogP contribution in [0, 0.1) is 5.82 Å². The zero-order valence-electron chi connectivity index (χ0n) is 9.70. The van der Waals surface area contributed by atoms with Gasteiger partial charge in [0.05, 0.1) is 15.7 Å². The molecule has 0 amide bonds. The first-order valence-electron chi connectivity index (χ1n) is 5.22. The van der Waals surface area contributed by atoms with Crippen molar-refractivity contribution in [2.45, 2.75) is 4.90 Å². The molecule has 2 rings (SSSR count). The van der Waals surface area contributed by atoms with Gasteiger partial charge >= 0.3 is 0 Å². The molecule has 0 radical (unpaired) electrons. The van der Waals surface area contributed by atoms with Crippen LogP contribution in [-0.4, -0.2) is 8.42 Å². The van der Waals surface area contributed by atoms with E-state index in [1.54, 1.807) is 6.07 Å². The van der Waals surface area contributed by atoms with Crippen LogP contribution in [0.1, 0.15) is 0 Å². The summed E-state index contributed by atoms with van der Waals surface area (Å²) in [4.78, 5) is -0.0947. The van der Waals surface area contributed by atoms with Crippen molar-refractivity contribution in [3.05, 3.63) is 56.7 Å². The van der Waals surface area contributed by atoms with Crippen molar-refractivity contribution < 1.29 is 12.8 Å². The fourth-order valence-electron chi connectivity index (χ4n) is 1.47. The van der Waals surface area contributed by atoms with E-state index in [0.29, 0.717) is 4.47 Å². The molecule has 0 saturated heterocycles. The van der Waals surface area contributed by atoms with E-state index >= 15 is 0 Å². The summed E-state index contributed by atoms with van der Waals surface area (Å²) in [5.74, 6) is -0.556. The summed E-state index contributed by atoms with van der Waals surface area (Å²) >= 11 is 14.9. The Morgan fingerprint density at radius 3 is 2.35 bits per heavy atom. The molecule has 0 fully saturated rings. The van der Waals surface area contributed by atoms with E-state index in [9.17, 15) is 12.8 Å². The highest BCUT2D eigenvalue weighted by atomic mass is 79.9. The summed E-state index contributed by atoms with van der Waals surface area (Å²) in [7, 11) is -3.91. The normalized spacial score (nSPS) is 11.4. The number of sulfonamides is 1. The molecule has 3 nitrogen and oxygen atoms in total. The van der Waals surface area contributed by atoms with Crippen molar-refractivity contribution in [2.75, 3.05) is 4.72 Å². The van der Waals surface area contributed by atoms with Crippen LogP contribution in [0.15, 0.2) is 45.8 Å². The Kier molecular flexibility index (Phi) is 4.59. The van der Waals surface area contributed by atoms with Gasteiger partial charge in [0.25, 0.3) is 10.0 Å². The molecule has 2 aromatic carbocycles. The van der Waals surface area contributed by atoms with Gasteiger partial charge in [-0.3, -0.25) is 4.72 Å². The van der Waals surface area contributed by atoms with Gasteiger partial charge in [-0.1, -0.05) is 39.1 Å². The van der Waals surface area contributed by atoms with Gasteiger partial charge in [-0.25, -0.2) is 12.8 Å². The molecule has 0 atom stereocenters. The van der Waals surface area contributed by atoms with Crippen LogP contribution in [0.25, 0.3) is 0 Å². The van der Waals surface area contributed by atoms with Crippen molar-refractivity contribution >= 4 is 54.8 Å². The monoisotopic (exact) mass is 397 g/mol. The van der Waals surface area contributed by atoms with Crippen LogP contribution >= 0.6 is 39.1 Å².